The topological polar surface area (TPSA) is 27.7 Å². The quantitative estimate of drug-likeness (QED) is 0.137. The van der Waals surface area contributed by atoms with E-state index in [2.05, 4.69) is 123 Å². The van der Waals surface area contributed by atoms with Crippen LogP contribution in [-0.4, -0.2) is 11.0 Å². The molecule has 1 aliphatic heterocycles. The fourth-order valence-corrected chi connectivity index (χ4v) is 5.94. The lowest BCUT2D eigenvalue weighted by Gasteiger charge is -2.35. The molecule has 0 radical (unpaired) electrons. The normalized spacial score (nSPS) is 16.6. The first-order valence-electron chi connectivity index (χ1n) is 13.3. The van der Waals surface area contributed by atoms with Crippen LogP contribution in [0.2, 0.25) is 0 Å². The van der Waals surface area contributed by atoms with Crippen LogP contribution >= 0.6 is 31.2 Å². The minimum absolute atomic E-state index is 0.0163. The summed E-state index contributed by atoms with van der Waals surface area (Å²) in [4.78, 5) is 0. The average molecular weight is 637 g/mol. The molecule has 0 fully saturated rings. The monoisotopic (exact) mass is 636 g/mol. The summed E-state index contributed by atoms with van der Waals surface area (Å²) in [6.45, 7) is 29.3. The summed E-state index contributed by atoms with van der Waals surface area (Å²) >= 11 is 2.48. The van der Waals surface area contributed by atoms with Crippen molar-refractivity contribution >= 4 is 31.2 Å². The molecule has 0 saturated carbocycles. The van der Waals surface area contributed by atoms with Crippen LogP contribution in [0.4, 0.5) is 0 Å². The van der Waals surface area contributed by atoms with Crippen LogP contribution < -0.4 is 9.05 Å². The molecule has 3 rings (SSSR count). The highest BCUT2D eigenvalue weighted by Gasteiger charge is 2.35. The minimum atomic E-state index is -1.62. The van der Waals surface area contributed by atoms with E-state index in [1.54, 1.807) is 0 Å². The third kappa shape index (κ3) is 6.56. The van der Waals surface area contributed by atoms with E-state index >= 15 is 0 Å². The third-order valence-corrected chi connectivity index (χ3v) is 10.3. The molecule has 2 aromatic rings. The molecular formula is C32H46IO3P. The molecule has 1 unspecified atom stereocenters. The van der Waals surface area contributed by atoms with Crippen molar-refractivity contribution in [1.29, 1.82) is 0 Å². The van der Waals surface area contributed by atoms with Crippen LogP contribution in [0, 0.1) is 0 Å². The summed E-state index contributed by atoms with van der Waals surface area (Å²) in [5, 5.41) is 0. The number of fused-ring (bicyclic) bond motifs is 2. The van der Waals surface area contributed by atoms with Gasteiger partial charge in [-0.15, -0.1) is 6.58 Å². The van der Waals surface area contributed by atoms with E-state index in [4.69, 9.17) is 13.6 Å². The Balaban J connectivity index is 2.42. The van der Waals surface area contributed by atoms with Gasteiger partial charge in [-0.3, -0.25) is 4.52 Å². The minimum Gasteiger partial charge on any atom is -0.417 e. The van der Waals surface area contributed by atoms with Crippen LogP contribution in [-0.2, 0) is 32.6 Å². The smallest absolute Gasteiger partial charge is 0.417 e. The molecule has 0 saturated heterocycles. The first-order valence-corrected chi connectivity index (χ1v) is 15.9. The Morgan fingerprint density at radius 2 is 1.35 bits per heavy atom. The summed E-state index contributed by atoms with van der Waals surface area (Å²) < 4.78 is 20.5. The number of halogens is 1. The molecular weight excluding hydrogens is 590 g/mol. The van der Waals surface area contributed by atoms with Gasteiger partial charge in [0.25, 0.3) is 0 Å². The van der Waals surface area contributed by atoms with Crippen molar-refractivity contribution in [1.82, 2.24) is 0 Å². The van der Waals surface area contributed by atoms with E-state index in [-0.39, 0.29) is 21.7 Å². The maximum absolute atomic E-state index is 6.71. The number of allylic oxidation sites excluding steroid dienone is 1. The first-order chi connectivity index (χ1) is 16.9. The molecule has 0 N–H and O–H groups in total. The van der Waals surface area contributed by atoms with E-state index in [0.717, 1.165) is 22.3 Å². The van der Waals surface area contributed by atoms with Gasteiger partial charge in [-0.1, -0.05) is 122 Å². The van der Waals surface area contributed by atoms with Crippen molar-refractivity contribution < 1.29 is 13.6 Å². The summed E-state index contributed by atoms with van der Waals surface area (Å²) in [7, 11) is -1.62. The molecule has 1 atom stereocenters. The molecule has 5 heteroatoms. The Morgan fingerprint density at radius 3 is 1.81 bits per heavy atom. The van der Waals surface area contributed by atoms with Crippen molar-refractivity contribution in [3.8, 4) is 11.5 Å². The second kappa shape index (κ2) is 10.8. The molecule has 0 bridgehead atoms. The molecule has 2 aromatic carbocycles. The zero-order valence-corrected chi connectivity index (χ0v) is 27.8. The van der Waals surface area contributed by atoms with Crippen molar-refractivity contribution in [2.75, 3.05) is 11.0 Å². The Hall–Kier alpha value is -1.10. The van der Waals surface area contributed by atoms with Crippen LogP contribution in [0.25, 0.3) is 0 Å². The summed E-state index contributed by atoms with van der Waals surface area (Å²) in [5.41, 5.74) is 7.02. The standard InChI is InChI=1S/C32H46IO3P/c1-13-31(9,10)24-17-22-15-21-16-23(29(3,4)5)18-25(30(6,7)8)27(21)35-37(34-14-2)36-28(22)26(19-24)32(11,12)20-33/h13,16-19H,1,14-15,20H2,2-12H3. The Bertz CT molecular complexity index is 1150. The van der Waals surface area contributed by atoms with E-state index in [1.807, 2.05) is 13.0 Å². The number of hydrogen-bond acceptors (Lipinski definition) is 3. The summed E-state index contributed by atoms with van der Waals surface area (Å²) in [6, 6.07) is 9.29. The molecule has 204 valence electrons. The predicted molar refractivity (Wildman–Crippen MR) is 168 cm³/mol. The van der Waals surface area contributed by atoms with Crippen molar-refractivity contribution in [2.24, 2.45) is 0 Å². The van der Waals surface area contributed by atoms with Gasteiger partial charge in [-0.2, -0.15) is 0 Å². The van der Waals surface area contributed by atoms with E-state index in [9.17, 15) is 0 Å². The van der Waals surface area contributed by atoms with Crippen molar-refractivity contribution in [2.45, 2.75) is 104 Å². The van der Waals surface area contributed by atoms with Crippen LogP contribution in [0.1, 0.15) is 110 Å². The van der Waals surface area contributed by atoms with Gasteiger partial charge in [0.1, 0.15) is 11.5 Å². The largest absolute Gasteiger partial charge is 0.463 e. The highest BCUT2D eigenvalue weighted by atomic mass is 127. The van der Waals surface area contributed by atoms with E-state index in [1.165, 1.54) is 33.4 Å². The van der Waals surface area contributed by atoms with Gasteiger partial charge in [0, 0.05) is 32.8 Å². The lowest BCUT2D eigenvalue weighted by molar-refractivity contribution is 0.274. The third-order valence-electron chi connectivity index (χ3n) is 7.27. The Kier molecular flexibility index (Phi) is 8.90. The second-order valence-electron chi connectivity index (χ2n) is 13.5. The van der Waals surface area contributed by atoms with Crippen LogP contribution in [0.3, 0.4) is 0 Å². The Morgan fingerprint density at radius 1 is 0.838 bits per heavy atom. The van der Waals surface area contributed by atoms with E-state index < -0.39 is 8.60 Å². The van der Waals surface area contributed by atoms with Crippen LogP contribution in [0.5, 0.6) is 11.5 Å². The average Bonchev–Trinajstić information content (AvgIpc) is 2.77. The van der Waals surface area contributed by atoms with E-state index in [0.29, 0.717) is 6.61 Å². The number of hydrogen-bond donors (Lipinski definition) is 0. The van der Waals surface area contributed by atoms with Gasteiger partial charge in [-0.25, -0.2) is 0 Å². The molecule has 3 nitrogen and oxygen atoms in total. The number of benzene rings is 2. The molecule has 1 aliphatic rings. The number of alkyl halides is 1. The van der Waals surface area contributed by atoms with Gasteiger partial charge in [-0.05, 0) is 40.0 Å². The summed E-state index contributed by atoms with van der Waals surface area (Å²) in [5.74, 6) is 1.82. The highest BCUT2D eigenvalue weighted by molar-refractivity contribution is 14.1. The second-order valence-corrected chi connectivity index (χ2v) is 15.3. The highest BCUT2D eigenvalue weighted by Crippen LogP contribution is 2.53. The molecule has 37 heavy (non-hydrogen) atoms. The van der Waals surface area contributed by atoms with Crippen molar-refractivity contribution in [3.05, 3.63) is 70.3 Å². The van der Waals surface area contributed by atoms with Crippen molar-refractivity contribution in [3.63, 3.8) is 0 Å². The molecule has 0 amide bonds. The Labute approximate surface area is 240 Å². The van der Waals surface area contributed by atoms with Gasteiger partial charge < -0.3 is 9.05 Å². The van der Waals surface area contributed by atoms with Gasteiger partial charge in [0.2, 0.25) is 0 Å². The molecule has 0 aromatic heterocycles. The maximum atomic E-state index is 6.71. The summed E-state index contributed by atoms with van der Waals surface area (Å²) in [6.07, 6.45) is 2.78. The molecule has 0 aliphatic carbocycles. The van der Waals surface area contributed by atoms with Gasteiger partial charge >= 0.3 is 8.60 Å². The lowest BCUT2D eigenvalue weighted by Crippen LogP contribution is -2.24. The predicted octanol–water partition coefficient (Wildman–Crippen LogP) is 10.1. The van der Waals surface area contributed by atoms with Gasteiger partial charge in [0.05, 0.1) is 6.61 Å². The molecule has 1 heterocycles. The maximum Gasteiger partial charge on any atom is 0.463 e. The fourth-order valence-electron chi connectivity index (χ4n) is 4.44. The lowest BCUT2D eigenvalue weighted by atomic mass is 9.76. The zero-order valence-electron chi connectivity index (χ0n) is 24.8. The number of rotatable bonds is 6. The molecule has 0 spiro atoms. The van der Waals surface area contributed by atoms with Crippen LogP contribution in [0.15, 0.2) is 36.9 Å². The zero-order chi connectivity index (χ0) is 28.0. The first kappa shape index (κ1) is 30.4. The van der Waals surface area contributed by atoms with Gasteiger partial charge in [0.15, 0.2) is 0 Å². The fraction of sp³-hybridized carbons (Fsp3) is 0.562. The SMILES string of the molecule is C=CC(C)(C)c1cc2c(c(C(C)(C)CI)c1)OP(OCC)Oc1c(cc(C(C)(C)C)cc1C(C)(C)C)C2.